The van der Waals surface area contributed by atoms with Crippen molar-refractivity contribution >= 4 is 24.3 Å². The summed E-state index contributed by atoms with van der Waals surface area (Å²) in [6.07, 6.45) is 21.6. The van der Waals surface area contributed by atoms with Crippen molar-refractivity contribution in [2.24, 2.45) is 5.92 Å². The van der Waals surface area contributed by atoms with E-state index in [1.807, 2.05) is 13.0 Å². The van der Waals surface area contributed by atoms with Gasteiger partial charge in [-0.25, -0.2) is 4.79 Å². The molecule has 0 amide bonds. The van der Waals surface area contributed by atoms with Gasteiger partial charge >= 0.3 is 11.9 Å². The number of allylic oxidation sites excluding steroid dienone is 1. The third-order valence-corrected chi connectivity index (χ3v) is 13.9. The Balaban J connectivity index is 2.02. The molecule has 0 radical (unpaired) electrons. The van der Waals surface area contributed by atoms with Crippen molar-refractivity contribution in [3.05, 3.63) is 11.6 Å². The zero-order valence-corrected chi connectivity index (χ0v) is 43.7. The second-order valence-corrected chi connectivity index (χ2v) is 20.0. The minimum absolute atomic E-state index is 0.000533. The first-order chi connectivity index (χ1) is 33.5. The molecule has 406 valence electrons. The first-order valence-corrected chi connectivity index (χ1v) is 27.8. The Labute approximate surface area is 419 Å². The highest BCUT2D eigenvalue weighted by Gasteiger charge is 2.54. The maximum atomic E-state index is 13.7. The third kappa shape index (κ3) is 27.4. The number of unbranched alkanes of at least 4 members (excludes halogenated alkanes) is 27. The van der Waals surface area contributed by atoms with E-state index >= 15 is 0 Å². The molecule has 2 aliphatic rings. The monoisotopic (exact) mass is 1010 g/mol. The van der Waals surface area contributed by atoms with Crippen LogP contribution in [0.3, 0.4) is 0 Å². The van der Waals surface area contributed by atoms with Crippen LogP contribution in [-0.2, 0) is 46.8 Å². The summed E-state index contributed by atoms with van der Waals surface area (Å²) in [4.78, 5) is 27.2. The van der Waals surface area contributed by atoms with Gasteiger partial charge in [-0.15, -0.1) is 4.33 Å². The minimum atomic E-state index is -1.79. The van der Waals surface area contributed by atoms with Crippen LogP contribution in [0.25, 0.3) is 0 Å². The number of carbonyl (C=O) groups is 2. The van der Waals surface area contributed by atoms with Crippen molar-refractivity contribution in [1.29, 1.82) is 0 Å². The largest absolute Gasteiger partial charge is 0.691 e. The number of carbonyl (C=O) groups excluding carboxylic acids is 2. The van der Waals surface area contributed by atoms with Crippen LogP contribution < -0.4 is 5.26 Å². The van der Waals surface area contributed by atoms with E-state index in [-0.39, 0.29) is 30.2 Å². The standard InChI is InChI=1S/C52H96O16S/c1-5-7-9-11-13-15-17-19-20-21-23-24-26-28-30-32-34-39(3)36-40(4)50(59)64-47-45(57)42(38-54)62-52(65-51-48(66-69-68-67-60)46(58)44(56)41(37-53)61-51)49(47)63-43(55)35-33-31-29-27-25-22-18-16-14-12-10-8-6-2/h36,39,41-42,44-49,51-54,56-58,60H,5-35,37-38H2,1-4H3/p-1/b40-36+/t39-,41?,42?,44?,45?,46?,47?,48?,49?,51?,52?/m1/s1. The molecule has 17 heteroatoms. The summed E-state index contributed by atoms with van der Waals surface area (Å²) in [7, 11) is 0. The van der Waals surface area contributed by atoms with E-state index in [1.54, 1.807) is 6.92 Å². The SMILES string of the molecule is CCCCCCCCCCCCCCCCCC[C@@H](C)/C=C(\C)C(=O)OC1C(O)C(CO)OC(OC2OC(CO)C(O)C(O)C2OSOO[O-])C1OC(=O)CCCCCCCCCCCCCCC. The van der Waals surface area contributed by atoms with E-state index in [9.17, 15) is 40.4 Å². The van der Waals surface area contributed by atoms with Crippen molar-refractivity contribution in [2.45, 2.75) is 288 Å². The predicted molar refractivity (Wildman–Crippen MR) is 262 cm³/mol. The second kappa shape index (κ2) is 41.0. The third-order valence-electron chi connectivity index (χ3n) is 13.5. The molecule has 0 aromatic heterocycles. The van der Waals surface area contributed by atoms with E-state index in [1.165, 1.54) is 141 Å². The van der Waals surface area contributed by atoms with E-state index in [0.717, 1.165) is 44.9 Å². The molecule has 2 fully saturated rings. The van der Waals surface area contributed by atoms with E-state index in [0.29, 0.717) is 6.42 Å². The van der Waals surface area contributed by atoms with Gasteiger partial charge in [-0.05, 0) is 25.7 Å². The van der Waals surface area contributed by atoms with Gasteiger partial charge in [0.15, 0.2) is 36.9 Å². The van der Waals surface area contributed by atoms with E-state index in [2.05, 4.69) is 23.2 Å². The molecule has 0 bridgehead atoms. The van der Waals surface area contributed by atoms with Crippen molar-refractivity contribution in [3.8, 4) is 0 Å². The Morgan fingerprint density at radius 2 is 1.00 bits per heavy atom. The fraction of sp³-hybridized carbons (Fsp3) is 0.923. The Hall–Kier alpha value is -1.45. The van der Waals surface area contributed by atoms with Crippen LogP contribution in [-0.4, -0.2) is 112 Å². The number of esters is 2. The molecular formula is C52H95O16S-. The Morgan fingerprint density at radius 3 is 1.45 bits per heavy atom. The van der Waals surface area contributed by atoms with Gasteiger partial charge < -0.3 is 54.5 Å². The lowest BCUT2D eigenvalue weighted by Crippen LogP contribution is -2.65. The lowest BCUT2D eigenvalue weighted by molar-refractivity contribution is -0.777. The maximum Gasteiger partial charge on any atom is 0.333 e. The topological polar surface area (TPSA) is 232 Å². The summed E-state index contributed by atoms with van der Waals surface area (Å²) in [5.74, 6) is -1.42. The number of rotatable bonds is 43. The zero-order valence-electron chi connectivity index (χ0n) is 42.9. The van der Waals surface area contributed by atoms with Crippen LogP contribution >= 0.6 is 12.3 Å². The average Bonchev–Trinajstić information content (AvgIpc) is 3.34. The number of hydrogen-bond donors (Lipinski definition) is 5. The van der Waals surface area contributed by atoms with Crippen LogP contribution in [0.15, 0.2) is 11.6 Å². The molecule has 11 atom stereocenters. The first-order valence-electron chi connectivity index (χ1n) is 27.1. The van der Waals surface area contributed by atoms with Crippen LogP contribution in [0.1, 0.15) is 227 Å². The van der Waals surface area contributed by atoms with Gasteiger partial charge in [-0.2, -0.15) is 0 Å². The van der Waals surface area contributed by atoms with Gasteiger partial charge in [-0.3, -0.25) is 14.0 Å². The summed E-state index contributed by atoms with van der Waals surface area (Å²) in [6.45, 7) is 6.58. The van der Waals surface area contributed by atoms with Gasteiger partial charge in [-0.1, -0.05) is 207 Å². The highest BCUT2D eigenvalue weighted by Crippen LogP contribution is 2.34. The highest BCUT2D eigenvalue weighted by atomic mass is 32.2. The van der Waals surface area contributed by atoms with Gasteiger partial charge in [0.25, 0.3) is 0 Å². The molecule has 0 aromatic carbocycles. The highest BCUT2D eigenvalue weighted by molar-refractivity contribution is 7.89. The normalized spacial score (nSPS) is 25.7. The minimum Gasteiger partial charge on any atom is -0.691 e. The Morgan fingerprint density at radius 1 is 0.580 bits per heavy atom. The van der Waals surface area contributed by atoms with E-state index in [4.69, 9.17) is 27.9 Å². The molecule has 2 aliphatic heterocycles. The number of aliphatic hydroxyl groups excluding tert-OH is 5. The smallest absolute Gasteiger partial charge is 0.333 e. The zero-order chi connectivity index (χ0) is 50.5. The molecule has 2 rings (SSSR count). The molecule has 5 N–H and O–H groups in total. The Kier molecular flexibility index (Phi) is 37.8. The van der Waals surface area contributed by atoms with Gasteiger partial charge in [0.2, 0.25) is 6.29 Å². The van der Waals surface area contributed by atoms with Crippen LogP contribution in [0, 0.1) is 5.92 Å². The second-order valence-electron chi connectivity index (χ2n) is 19.6. The predicted octanol–water partition coefficient (Wildman–Crippen LogP) is 9.23. The molecular weight excluding hydrogens is 913 g/mol. The summed E-state index contributed by atoms with van der Waals surface area (Å²) < 4.78 is 38.9. The number of ether oxygens (including phenoxy) is 5. The lowest BCUT2D eigenvalue weighted by atomic mass is 9.97. The molecule has 2 heterocycles. The van der Waals surface area contributed by atoms with Crippen LogP contribution in [0.4, 0.5) is 0 Å². The quantitative estimate of drug-likeness (QED) is 0.00956. The molecule has 10 unspecified atom stereocenters. The lowest BCUT2D eigenvalue weighted by Gasteiger charge is -2.46. The summed E-state index contributed by atoms with van der Waals surface area (Å²) in [6, 6.07) is 0. The average molecular weight is 1010 g/mol. The fourth-order valence-electron chi connectivity index (χ4n) is 9.19. The van der Waals surface area contributed by atoms with Crippen molar-refractivity contribution in [3.63, 3.8) is 0 Å². The van der Waals surface area contributed by atoms with Gasteiger partial charge in [0.05, 0.1) is 13.2 Å². The van der Waals surface area contributed by atoms with Crippen molar-refractivity contribution in [2.75, 3.05) is 13.2 Å². The molecule has 0 saturated carbocycles. The molecule has 16 nitrogen and oxygen atoms in total. The molecule has 69 heavy (non-hydrogen) atoms. The molecule has 0 aromatic rings. The Bertz CT molecular complexity index is 1300. The van der Waals surface area contributed by atoms with Crippen LogP contribution in [0.2, 0.25) is 0 Å². The first kappa shape index (κ1) is 63.7. The van der Waals surface area contributed by atoms with Crippen molar-refractivity contribution in [1.82, 2.24) is 0 Å². The van der Waals surface area contributed by atoms with Gasteiger partial charge in [0, 0.05) is 12.0 Å². The van der Waals surface area contributed by atoms with Crippen molar-refractivity contribution < 1.29 is 77.6 Å². The van der Waals surface area contributed by atoms with Gasteiger partial charge in [0.1, 0.15) is 30.5 Å². The maximum absolute atomic E-state index is 13.7. The molecule has 0 spiro atoms. The fourth-order valence-corrected chi connectivity index (χ4v) is 9.54. The summed E-state index contributed by atoms with van der Waals surface area (Å²) >= 11 is 0.000533. The number of hydrogen-bond acceptors (Lipinski definition) is 17. The molecule has 0 aliphatic carbocycles. The number of aliphatic hydroxyl groups is 5. The summed E-state index contributed by atoms with van der Waals surface area (Å²) in [5, 5.41) is 66.9. The van der Waals surface area contributed by atoms with E-state index < -0.39 is 86.6 Å². The summed E-state index contributed by atoms with van der Waals surface area (Å²) in [5.41, 5.74) is 0.275. The van der Waals surface area contributed by atoms with Crippen LogP contribution in [0.5, 0.6) is 0 Å². The molecule has 2 saturated heterocycles.